The minimum absolute atomic E-state index is 0.259. The van der Waals surface area contributed by atoms with Crippen molar-refractivity contribution in [3.8, 4) is 11.5 Å². The van der Waals surface area contributed by atoms with Crippen LogP contribution in [0.1, 0.15) is 22.8 Å². The Morgan fingerprint density at radius 3 is 2.36 bits per heavy atom. The number of amides is 2. The summed E-state index contributed by atoms with van der Waals surface area (Å²) in [7, 11) is 3.08. The molecular formula is C19H20N2O4. The average molecular weight is 340 g/mol. The predicted octanol–water partition coefficient (Wildman–Crippen LogP) is 2.65. The van der Waals surface area contributed by atoms with E-state index in [0.717, 1.165) is 5.56 Å². The van der Waals surface area contributed by atoms with Crippen LogP contribution in [0.4, 0.5) is 5.69 Å². The monoisotopic (exact) mass is 340 g/mol. The van der Waals surface area contributed by atoms with E-state index in [1.54, 1.807) is 62.6 Å². The lowest BCUT2D eigenvalue weighted by Crippen LogP contribution is -2.31. The van der Waals surface area contributed by atoms with Crippen LogP contribution in [0.15, 0.2) is 48.0 Å². The van der Waals surface area contributed by atoms with E-state index in [1.807, 2.05) is 0 Å². The highest BCUT2D eigenvalue weighted by Crippen LogP contribution is 2.28. The van der Waals surface area contributed by atoms with Crippen molar-refractivity contribution >= 4 is 23.6 Å². The maximum atomic E-state index is 12.2. The lowest BCUT2D eigenvalue weighted by Gasteiger charge is -2.09. The number of anilines is 1. The molecule has 0 aliphatic rings. The molecule has 0 radical (unpaired) electrons. The van der Waals surface area contributed by atoms with Crippen molar-refractivity contribution < 1.29 is 19.1 Å². The van der Waals surface area contributed by atoms with Gasteiger partial charge < -0.3 is 15.2 Å². The first kappa shape index (κ1) is 18.1. The van der Waals surface area contributed by atoms with Crippen molar-refractivity contribution in [2.45, 2.75) is 6.92 Å². The van der Waals surface area contributed by atoms with E-state index in [0.29, 0.717) is 22.8 Å². The summed E-state index contributed by atoms with van der Waals surface area (Å²) < 4.78 is 10.4. The van der Waals surface area contributed by atoms with Gasteiger partial charge in [-0.3, -0.25) is 14.9 Å². The minimum Gasteiger partial charge on any atom is -0.493 e. The number of ether oxygens (including phenoxy) is 2. The van der Waals surface area contributed by atoms with Gasteiger partial charge >= 0.3 is 0 Å². The Labute approximate surface area is 146 Å². The average Bonchev–Trinajstić information content (AvgIpc) is 2.61. The number of carbonyl (C=O) groups excluding carboxylic acids is 2. The Bertz CT molecular complexity index is 828. The van der Waals surface area contributed by atoms with Gasteiger partial charge in [0.2, 0.25) is 0 Å². The first-order chi connectivity index (χ1) is 12.0. The Kier molecular flexibility index (Phi) is 5.79. The molecule has 0 aromatic heterocycles. The van der Waals surface area contributed by atoms with Gasteiger partial charge in [-0.15, -0.1) is 0 Å². The van der Waals surface area contributed by atoms with Crippen LogP contribution >= 0.6 is 0 Å². The molecule has 0 spiro atoms. The van der Waals surface area contributed by atoms with Crippen LogP contribution in [0, 0.1) is 0 Å². The fourth-order valence-corrected chi connectivity index (χ4v) is 2.23. The van der Waals surface area contributed by atoms with Gasteiger partial charge in [-0.25, -0.2) is 0 Å². The zero-order valence-electron chi connectivity index (χ0n) is 14.3. The van der Waals surface area contributed by atoms with Crippen LogP contribution in [-0.2, 0) is 4.79 Å². The van der Waals surface area contributed by atoms with Crippen molar-refractivity contribution in [2.75, 3.05) is 20.0 Å². The third-order valence-electron chi connectivity index (χ3n) is 3.58. The Morgan fingerprint density at radius 2 is 1.72 bits per heavy atom. The summed E-state index contributed by atoms with van der Waals surface area (Å²) in [5, 5.41) is 2.33. The number of carbonyl (C=O) groups is 2. The van der Waals surface area contributed by atoms with Gasteiger partial charge in [-0.2, -0.15) is 0 Å². The summed E-state index contributed by atoms with van der Waals surface area (Å²) in [5.41, 5.74) is 7.43. The third kappa shape index (κ3) is 4.38. The van der Waals surface area contributed by atoms with E-state index in [1.165, 1.54) is 7.11 Å². The molecule has 6 nitrogen and oxygen atoms in total. The molecule has 0 heterocycles. The molecule has 0 fully saturated rings. The fourth-order valence-electron chi connectivity index (χ4n) is 2.23. The highest BCUT2D eigenvalue weighted by atomic mass is 16.5. The second-order valence-corrected chi connectivity index (χ2v) is 5.31. The van der Waals surface area contributed by atoms with Gasteiger partial charge in [-0.1, -0.05) is 18.2 Å². The zero-order chi connectivity index (χ0) is 18.4. The molecule has 6 heteroatoms. The minimum atomic E-state index is -0.539. The molecule has 0 atom stereocenters. The first-order valence-electron chi connectivity index (χ1n) is 7.56. The van der Waals surface area contributed by atoms with Gasteiger partial charge in [-0.05, 0) is 42.8 Å². The molecule has 2 rings (SSSR count). The van der Waals surface area contributed by atoms with Crippen molar-refractivity contribution in [3.63, 3.8) is 0 Å². The van der Waals surface area contributed by atoms with E-state index in [2.05, 4.69) is 5.32 Å². The van der Waals surface area contributed by atoms with Crippen LogP contribution in [0.25, 0.3) is 6.08 Å². The topological polar surface area (TPSA) is 90.7 Å². The molecule has 0 aliphatic carbocycles. The molecule has 2 aromatic carbocycles. The smallest absolute Gasteiger partial charge is 0.260 e. The lowest BCUT2D eigenvalue weighted by molar-refractivity contribution is -0.116. The van der Waals surface area contributed by atoms with E-state index in [4.69, 9.17) is 15.2 Å². The van der Waals surface area contributed by atoms with Crippen LogP contribution in [0.3, 0.4) is 0 Å². The van der Waals surface area contributed by atoms with Crippen LogP contribution < -0.4 is 20.5 Å². The number of nitrogen functional groups attached to an aromatic ring is 1. The number of imide groups is 1. The number of nitrogens with two attached hydrogens (primary N) is 1. The summed E-state index contributed by atoms with van der Waals surface area (Å²) in [4.78, 5) is 24.4. The molecule has 0 aliphatic heterocycles. The number of nitrogens with one attached hydrogen (secondary N) is 1. The van der Waals surface area contributed by atoms with Gasteiger partial charge in [0, 0.05) is 11.3 Å². The van der Waals surface area contributed by atoms with Crippen molar-refractivity contribution in [1.82, 2.24) is 5.32 Å². The number of methoxy groups -OCH3 is 2. The van der Waals surface area contributed by atoms with E-state index in [-0.39, 0.29) is 5.56 Å². The Balaban J connectivity index is 2.15. The standard InChI is InChI=1S/C19H20N2O4/c1-12(10-13-8-9-16(24-2)17(11-13)25-3)18(22)21-19(23)14-6-4-5-7-15(14)20/h4-11H,20H2,1-3H3,(H,21,22,23)/b12-10+. The second kappa shape index (κ2) is 8.01. The summed E-state index contributed by atoms with van der Waals surface area (Å²) in [5.74, 6) is 0.111. The van der Waals surface area contributed by atoms with E-state index in [9.17, 15) is 9.59 Å². The van der Waals surface area contributed by atoms with Gasteiger partial charge in [0.05, 0.1) is 19.8 Å². The Morgan fingerprint density at radius 1 is 1.04 bits per heavy atom. The molecular weight excluding hydrogens is 320 g/mol. The van der Waals surface area contributed by atoms with Crippen molar-refractivity contribution in [1.29, 1.82) is 0 Å². The molecule has 0 unspecified atom stereocenters. The number of benzene rings is 2. The predicted molar refractivity (Wildman–Crippen MR) is 96.5 cm³/mol. The van der Waals surface area contributed by atoms with Crippen LogP contribution in [0.5, 0.6) is 11.5 Å². The fraction of sp³-hybridized carbons (Fsp3) is 0.158. The van der Waals surface area contributed by atoms with Gasteiger partial charge in [0.25, 0.3) is 11.8 Å². The van der Waals surface area contributed by atoms with Crippen LogP contribution in [0.2, 0.25) is 0 Å². The summed E-state index contributed by atoms with van der Waals surface area (Å²) in [6, 6.07) is 11.8. The number of hydrogen-bond donors (Lipinski definition) is 2. The molecule has 3 N–H and O–H groups in total. The van der Waals surface area contributed by atoms with E-state index >= 15 is 0 Å². The Hall–Kier alpha value is -3.28. The molecule has 2 amide bonds. The van der Waals surface area contributed by atoms with E-state index < -0.39 is 11.8 Å². The highest BCUT2D eigenvalue weighted by Gasteiger charge is 2.14. The normalized spacial score (nSPS) is 10.9. The molecule has 0 bridgehead atoms. The number of hydrogen-bond acceptors (Lipinski definition) is 5. The second-order valence-electron chi connectivity index (χ2n) is 5.31. The molecule has 130 valence electrons. The summed E-state index contributed by atoms with van der Waals surface area (Å²) >= 11 is 0. The maximum Gasteiger partial charge on any atom is 0.260 e. The molecule has 25 heavy (non-hydrogen) atoms. The van der Waals surface area contributed by atoms with Crippen molar-refractivity contribution in [2.24, 2.45) is 0 Å². The molecule has 0 saturated carbocycles. The quantitative estimate of drug-likeness (QED) is 0.645. The largest absolute Gasteiger partial charge is 0.493 e. The lowest BCUT2D eigenvalue weighted by atomic mass is 10.1. The zero-order valence-corrected chi connectivity index (χ0v) is 14.3. The maximum absolute atomic E-state index is 12.2. The number of para-hydroxylation sites is 1. The molecule has 2 aromatic rings. The highest BCUT2D eigenvalue weighted by molar-refractivity contribution is 6.13. The third-order valence-corrected chi connectivity index (χ3v) is 3.58. The first-order valence-corrected chi connectivity index (χ1v) is 7.56. The summed E-state index contributed by atoms with van der Waals surface area (Å²) in [6.07, 6.45) is 1.65. The molecule has 0 saturated heterocycles. The SMILES string of the molecule is COc1ccc(/C=C(\C)C(=O)NC(=O)c2ccccc2N)cc1OC. The van der Waals surface area contributed by atoms with Crippen molar-refractivity contribution in [3.05, 3.63) is 59.2 Å². The summed E-state index contributed by atoms with van der Waals surface area (Å²) in [6.45, 7) is 1.62. The number of rotatable bonds is 5. The van der Waals surface area contributed by atoms with Gasteiger partial charge in [0.15, 0.2) is 11.5 Å². The van der Waals surface area contributed by atoms with Crippen LogP contribution in [-0.4, -0.2) is 26.0 Å². The van der Waals surface area contributed by atoms with Gasteiger partial charge in [0.1, 0.15) is 0 Å².